The fourth-order valence-electron chi connectivity index (χ4n) is 2.99. The van der Waals surface area contributed by atoms with Crippen LogP contribution in [0, 0.1) is 0 Å². The van der Waals surface area contributed by atoms with Gasteiger partial charge in [-0.05, 0) is 87.5 Å². The van der Waals surface area contributed by atoms with Crippen molar-refractivity contribution in [2.45, 2.75) is 32.7 Å². The molecule has 0 aliphatic carbocycles. The number of aliphatic carboxylic acids is 2. The maximum absolute atomic E-state index is 9.44. The summed E-state index contributed by atoms with van der Waals surface area (Å²) in [6.07, 6.45) is 0. The molecule has 4 N–H and O–H groups in total. The number of thiophene rings is 2. The van der Waals surface area contributed by atoms with E-state index in [1.165, 1.54) is 19.5 Å². The number of benzene rings is 2. The lowest BCUT2D eigenvalue weighted by atomic mass is 10.3. The van der Waals surface area contributed by atoms with Gasteiger partial charge in [0, 0.05) is 42.4 Å². The molecule has 2 aromatic carbocycles. The van der Waals surface area contributed by atoms with Crippen molar-refractivity contribution in [3.8, 4) is 11.5 Å². The summed E-state index contributed by atoms with van der Waals surface area (Å²) in [5, 5.41) is 37.9. The minimum absolute atomic E-state index is 0.319. The van der Waals surface area contributed by atoms with Crippen molar-refractivity contribution in [1.82, 2.24) is 9.80 Å². The third-order valence-electron chi connectivity index (χ3n) is 4.60. The van der Waals surface area contributed by atoms with Crippen molar-refractivity contribution in [3.05, 3.63) is 81.2 Å². The topological polar surface area (TPSA) is 122 Å². The Hall–Kier alpha value is -3.00. The van der Waals surface area contributed by atoms with Crippen LogP contribution < -0.4 is 0 Å². The number of phenolic OH excluding ortho intramolecular Hbond substituents is 2. The van der Waals surface area contributed by atoms with Crippen molar-refractivity contribution < 1.29 is 30.0 Å². The standard InChI is InChI=1S/2C13H15NOS2.C2H2O4/c2*1-14(2)9-13-12(6-7-16-13)17-11-5-3-4-10(15)8-11;3-1(4)2(5)6/h2*3-8,15H,9H2,1-2H3;(H,3,4)(H,5,6). The molecule has 0 saturated heterocycles. The van der Waals surface area contributed by atoms with Gasteiger partial charge in [-0.2, -0.15) is 0 Å². The monoisotopic (exact) mass is 620 g/mol. The van der Waals surface area contributed by atoms with Gasteiger partial charge in [0.2, 0.25) is 0 Å². The van der Waals surface area contributed by atoms with Crippen LogP contribution in [0.15, 0.2) is 91.0 Å². The molecular formula is C28H32N2O6S4. The molecule has 2 aromatic heterocycles. The Morgan fingerprint density at radius 2 is 1.05 bits per heavy atom. The minimum Gasteiger partial charge on any atom is -0.508 e. The van der Waals surface area contributed by atoms with Gasteiger partial charge in [0.1, 0.15) is 11.5 Å². The second-order valence-electron chi connectivity index (χ2n) is 8.70. The van der Waals surface area contributed by atoms with Gasteiger partial charge in [0.05, 0.1) is 0 Å². The molecule has 0 fully saturated rings. The third-order valence-corrected chi connectivity index (χ3v) is 8.86. The molecule has 0 bridgehead atoms. The first-order valence-electron chi connectivity index (χ1n) is 11.8. The lowest BCUT2D eigenvalue weighted by Crippen LogP contribution is -2.09. The highest BCUT2D eigenvalue weighted by Gasteiger charge is 2.09. The molecule has 4 rings (SSSR count). The summed E-state index contributed by atoms with van der Waals surface area (Å²) in [5.41, 5.74) is 0. The number of carboxylic acid groups (broad SMARTS) is 2. The molecule has 0 unspecified atom stereocenters. The Balaban J connectivity index is 0.000000234. The first kappa shape index (κ1) is 33.2. The molecule has 0 amide bonds. The van der Waals surface area contributed by atoms with Crippen LogP contribution in [0.5, 0.6) is 11.5 Å². The molecule has 0 aliphatic rings. The zero-order chi connectivity index (χ0) is 29.7. The van der Waals surface area contributed by atoms with Gasteiger partial charge in [-0.1, -0.05) is 35.7 Å². The number of carbonyl (C=O) groups is 2. The second-order valence-corrected chi connectivity index (χ2v) is 12.9. The van der Waals surface area contributed by atoms with Crippen LogP contribution >= 0.6 is 46.2 Å². The number of phenols is 2. The Labute approximate surface area is 250 Å². The van der Waals surface area contributed by atoms with Gasteiger partial charge in [0.25, 0.3) is 0 Å². The zero-order valence-electron chi connectivity index (χ0n) is 22.5. The minimum atomic E-state index is -1.82. The van der Waals surface area contributed by atoms with Crippen LogP contribution in [0.1, 0.15) is 9.75 Å². The van der Waals surface area contributed by atoms with E-state index < -0.39 is 11.9 Å². The molecule has 8 nitrogen and oxygen atoms in total. The van der Waals surface area contributed by atoms with Gasteiger partial charge < -0.3 is 30.2 Å². The molecule has 0 saturated carbocycles. The highest BCUT2D eigenvalue weighted by Crippen LogP contribution is 2.36. The van der Waals surface area contributed by atoms with Crippen LogP contribution in [0.3, 0.4) is 0 Å². The SMILES string of the molecule is CN(C)Cc1sccc1Sc1cccc(O)c1.CN(C)Cc1sccc1Sc1cccc(O)c1.O=C(O)C(=O)O. The van der Waals surface area contributed by atoms with Gasteiger partial charge in [-0.3, -0.25) is 0 Å². The number of nitrogens with zero attached hydrogens (tertiary/aromatic N) is 2. The molecule has 4 aromatic rings. The molecule has 214 valence electrons. The van der Waals surface area contributed by atoms with E-state index in [4.69, 9.17) is 19.8 Å². The predicted molar refractivity (Wildman–Crippen MR) is 163 cm³/mol. The highest BCUT2D eigenvalue weighted by atomic mass is 32.2. The summed E-state index contributed by atoms with van der Waals surface area (Å²) in [4.78, 5) is 29.9. The molecule has 2 heterocycles. The summed E-state index contributed by atoms with van der Waals surface area (Å²) < 4.78 is 0. The fourth-order valence-corrected chi connectivity index (χ4v) is 7.26. The van der Waals surface area contributed by atoms with Crippen molar-refractivity contribution in [2.75, 3.05) is 28.2 Å². The summed E-state index contributed by atoms with van der Waals surface area (Å²) in [5.74, 6) is -3.01. The molecule has 0 atom stereocenters. The average molecular weight is 621 g/mol. The summed E-state index contributed by atoms with van der Waals surface area (Å²) in [6.45, 7) is 1.91. The van der Waals surface area contributed by atoms with Crippen LogP contribution in [0.2, 0.25) is 0 Å². The second kappa shape index (κ2) is 17.0. The average Bonchev–Trinajstić information content (AvgIpc) is 3.48. The summed E-state index contributed by atoms with van der Waals surface area (Å²) >= 11 is 6.95. The van der Waals surface area contributed by atoms with E-state index >= 15 is 0 Å². The largest absolute Gasteiger partial charge is 0.508 e. The zero-order valence-corrected chi connectivity index (χ0v) is 25.7. The molecule has 0 radical (unpaired) electrons. The lowest BCUT2D eigenvalue weighted by molar-refractivity contribution is -0.159. The van der Waals surface area contributed by atoms with Crippen LogP contribution in [0.4, 0.5) is 0 Å². The van der Waals surface area contributed by atoms with E-state index in [9.17, 15) is 10.2 Å². The van der Waals surface area contributed by atoms with Gasteiger partial charge in [-0.15, -0.1) is 22.7 Å². The van der Waals surface area contributed by atoms with Crippen molar-refractivity contribution in [1.29, 1.82) is 0 Å². The van der Waals surface area contributed by atoms with Crippen LogP contribution in [0.25, 0.3) is 0 Å². The first-order valence-corrected chi connectivity index (χ1v) is 15.2. The van der Waals surface area contributed by atoms with Gasteiger partial charge in [0.15, 0.2) is 0 Å². The Morgan fingerprint density at radius 1 is 0.675 bits per heavy atom. The molecule has 12 heteroatoms. The Bertz CT molecular complexity index is 1270. The summed E-state index contributed by atoms with van der Waals surface area (Å²) in [6, 6.07) is 19.0. The van der Waals surface area contributed by atoms with Crippen molar-refractivity contribution in [3.63, 3.8) is 0 Å². The molecule has 0 spiro atoms. The first-order chi connectivity index (χ1) is 18.9. The highest BCUT2D eigenvalue weighted by molar-refractivity contribution is 7.99. The summed E-state index contributed by atoms with van der Waals surface area (Å²) in [7, 11) is 8.29. The van der Waals surface area contributed by atoms with Crippen LogP contribution in [-0.4, -0.2) is 70.4 Å². The number of carboxylic acids is 2. The number of hydrogen-bond donors (Lipinski definition) is 4. The van der Waals surface area contributed by atoms with E-state index in [2.05, 4.69) is 60.9 Å². The molecule has 40 heavy (non-hydrogen) atoms. The van der Waals surface area contributed by atoms with E-state index in [0.717, 1.165) is 22.9 Å². The van der Waals surface area contributed by atoms with Crippen LogP contribution in [-0.2, 0) is 22.7 Å². The van der Waals surface area contributed by atoms with Crippen molar-refractivity contribution in [2.24, 2.45) is 0 Å². The van der Waals surface area contributed by atoms with E-state index in [-0.39, 0.29) is 0 Å². The van der Waals surface area contributed by atoms with E-state index in [1.54, 1.807) is 70.5 Å². The normalized spacial score (nSPS) is 10.4. The van der Waals surface area contributed by atoms with Gasteiger partial charge in [-0.25, -0.2) is 9.59 Å². The fraction of sp³-hybridized carbons (Fsp3) is 0.214. The van der Waals surface area contributed by atoms with Gasteiger partial charge >= 0.3 is 11.9 Å². The predicted octanol–water partition coefficient (Wildman–Crippen LogP) is 6.49. The number of hydrogen-bond acceptors (Lipinski definition) is 10. The number of aromatic hydroxyl groups is 2. The molecular weight excluding hydrogens is 589 g/mol. The van der Waals surface area contributed by atoms with E-state index in [0.29, 0.717) is 11.5 Å². The maximum atomic E-state index is 9.44. The van der Waals surface area contributed by atoms with E-state index in [1.807, 2.05) is 24.3 Å². The Morgan fingerprint density at radius 3 is 1.35 bits per heavy atom. The molecule has 0 aliphatic heterocycles. The third kappa shape index (κ3) is 12.5. The maximum Gasteiger partial charge on any atom is 0.414 e. The quantitative estimate of drug-likeness (QED) is 0.163. The number of rotatable bonds is 8. The van der Waals surface area contributed by atoms with Crippen molar-refractivity contribution >= 4 is 58.1 Å². The smallest absolute Gasteiger partial charge is 0.414 e. The lowest BCUT2D eigenvalue weighted by Gasteiger charge is -2.09. The Kier molecular flexibility index (Phi) is 14.1.